The van der Waals surface area contributed by atoms with Gasteiger partial charge in [-0.3, -0.25) is 0 Å². The fourth-order valence-corrected chi connectivity index (χ4v) is 1.91. The summed E-state index contributed by atoms with van der Waals surface area (Å²) in [6.45, 7) is 4.13. The molecular weight excluding hydrogens is 256 g/mol. The van der Waals surface area contributed by atoms with Crippen molar-refractivity contribution in [2.75, 3.05) is 25.4 Å². The summed E-state index contributed by atoms with van der Waals surface area (Å²) >= 11 is 6.03. The Balaban J connectivity index is 3.01. The predicted octanol–water partition coefficient (Wildman–Crippen LogP) is 2.10. The Labute approximate surface area is 112 Å². The fourth-order valence-electron chi connectivity index (χ4n) is 1.46. The number of rotatable bonds is 7. The van der Waals surface area contributed by atoms with E-state index in [1.165, 1.54) is 14.2 Å². The van der Waals surface area contributed by atoms with Gasteiger partial charge in [-0.2, -0.15) is 9.97 Å². The minimum Gasteiger partial charge on any atom is -0.467 e. The van der Waals surface area contributed by atoms with Crippen LogP contribution in [-0.2, 0) is 0 Å². The van der Waals surface area contributed by atoms with Gasteiger partial charge in [0.15, 0.2) is 0 Å². The second-order valence-electron chi connectivity index (χ2n) is 3.88. The van der Waals surface area contributed by atoms with Crippen LogP contribution in [0.15, 0.2) is 0 Å². The Bertz CT molecular complexity index is 355. The van der Waals surface area contributed by atoms with Crippen LogP contribution >= 0.6 is 11.6 Å². The number of hydrogen-bond donors (Lipinski definition) is 1. The Kier molecular flexibility index (Phi) is 5.40. The first-order chi connectivity index (χ1) is 8.62. The van der Waals surface area contributed by atoms with Crippen LogP contribution in [0.5, 0.6) is 12.0 Å². The molecule has 0 saturated carbocycles. The average Bonchev–Trinajstić information content (AvgIpc) is 2.44. The first-order valence-electron chi connectivity index (χ1n) is 5.81. The van der Waals surface area contributed by atoms with E-state index in [-0.39, 0.29) is 17.6 Å². The van der Waals surface area contributed by atoms with Crippen molar-refractivity contribution >= 4 is 17.5 Å². The van der Waals surface area contributed by atoms with Gasteiger partial charge in [-0.05, 0) is 12.8 Å². The van der Waals surface area contributed by atoms with Gasteiger partial charge < -0.3 is 14.8 Å². The Morgan fingerprint density at radius 3 is 1.89 bits per heavy atom. The molecule has 0 aliphatic rings. The molecular formula is C11H19ClN4O2. The van der Waals surface area contributed by atoms with Crippen molar-refractivity contribution in [3.63, 3.8) is 0 Å². The van der Waals surface area contributed by atoms with Crippen LogP contribution in [-0.4, -0.2) is 40.6 Å². The van der Waals surface area contributed by atoms with E-state index < -0.39 is 0 Å². The zero-order chi connectivity index (χ0) is 13.6. The van der Waals surface area contributed by atoms with Crippen molar-refractivity contribution in [2.45, 2.75) is 32.2 Å². The van der Waals surface area contributed by atoms with E-state index >= 15 is 0 Å². The van der Waals surface area contributed by atoms with Crippen molar-refractivity contribution in [3.8, 4) is 12.0 Å². The maximum atomic E-state index is 6.03. The topological polar surface area (TPSA) is 69.2 Å². The van der Waals surface area contributed by atoms with Crippen LogP contribution in [0.4, 0.5) is 5.95 Å². The first kappa shape index (κ1) is 14.8. The van der Waals surface area contributed by atoms with E-state index in [2.05, 4.69) is 34.1 Å². The molecule has 1 N–H and O–H groups in total. The Morgan fingerprint density at radius 2 is 1.56 bits per heavy atom. The molecule has 0 saturated heterocycles. The molecule has 1 aromatic rings. The zero-order valence-electron chi connectivity index (χ0n) is 11.2. The van der Waals surface area contributed by atoms with Crippen LogP contribution in [0.2, 0.25) is 0 Å². The molecule has 0 spiro atoms. The summed E-state index contributed by atoms with van der Waals surface area (Å²) in [5, 5.41) is 3.24. The van der Waals surface area contributed by atoms with Crippen LogP contribution < -0.4 is 14.8 Å². The lowest BCUT2D eigenvalue weighted by molar-refractivity contribution is 0.339. The summed E-state index contributed by atoms with van der Waals surface area (Å²) in [5.74, 6) is 0.874. The quantitative estimate of drug-likeness (QED) is 0.768. The van der Waals surface area contributed by atoms with Crippen LogP contribution in [0.25, 0.3) is 0 Å². The standard InChI is InChI=1S/C11H19ClN4O2/c1-5-11(6-2,7-12)16-8-13-9(17-3)15-10(14-8)18-4/h5-7H2,1-4H3,(H,13,14,15,16). The van der Waals surface area contributed by atoms with E-state index in [9.17, 15) is 0 Å². The molecule has 1 rings (SSSR count). The SMILES string of the molecule is CCC(CC)(CCl)Nc1nc(OC)nc(OC)n1. The molecule has 0 aliphatic carbocycles. The van der Waals surface area contributed by atoms with Gasteiger partial charge in [-0.15, -0.1) is 16.6 Å². The number of ether oxygens (including phenoxy) is 2. The normalized spacial score (nSPS) is 11.2. The molecule has 1 heterocycles. The summed E-state index contributed by atoms with van der Waals surface area (Å²) < 4.78 is 10.00. The molecule has 0 fully saturated rings. The number of halogens is 1. The van der Waals surface area contributed by atoms with E-state index in [0.717, 1.165) is 12.8 Å². The number of aromatic nitrogens is 3. The molecule has 0 radical (unpaired) electrons. The second-order valence-corrected chi connectivity index (χ2v) is 4.15. The molecule has 6 nitrogen and oxygen atoms in total. The van der Waals surface area contributed by atoms with E-state index in [0.29, 0.717) is 11.8 Å². The number of hydrogen-bond acceptors (Lipinski definition) is 6. The van der Waals surface area contributed by atoms with Crippen molar-refractivity contribution in [1.82, 2.24) is 15.0 Å². The lowest BCUT2D eigenvalue weighted by atomic mass is 9.95. The summed E-state index contributed by atoms with van der Waals surface area (Å²) in [5.41, 5.74) is -0.237. The van der Waals surface area contributed by atoms with Gasteiger partial charge >= 0.3 is 12.0 Å². The maximum absolute atomic E-state index is 6.03. The van der Waals surface area contributed by atoms with Crippen molar-refractivity contribution in [1.29, 1.82) is 0 Å². The highest BCUT2D eigenvalue weighted by Gasteiger charge is 2.26. The van der Waals surface area contributed by atoms with Gasteiger partial charge in [0.25, 0.3) is 0 Å². The summed E-state index contributed by atoms with van der Waals surface area (Å²) in [6, 6.07) is 0.417. The highest BCUT2D eigenvalue weighted by Crippen LogP contribution is 2.23. The van der Waals surface area contributed by atoms with Gasteiger partial charge in [0, 0.05) is 5.88 Å². The van der Waals surface area contributed by atoms with Crippen LogP contribution in [0.3, 0.4) is 0 Å². The van der Waals surface area contributed by atoms with Crippen molar-refractivity contribution < 1.29 is 9.47 Å². The Morgan fingerprint density at radius 1 is 1.06 bits per heavy atom. The summed E-state index contributed by atoms with van der Waals surface area (Å²) in [6.07, 6.45) is 1.73. The van der Waals surface area contributed by atoms with Crippen LogP contribution in [0, 0.1) is 0 Å². The smallest absolute Gasteiger partial charge is 0.324 e. The third-order valence-corrected chi connectivity index (χ3v) is 3.46. The molecule has 0 amide bonds. The average molecular weight is 275 g/mol. The van der Waals surface area contributed by atoms with Gasteiger partial charge in [0.2, 0.25) is 5.95 Å². The van der Waals surface area contributed by atoms with E-state index in [1.807, 2.05) is 0 Å². The molecule has 0 aliphatic heterocycles. The summed E-state index contributed by atoms with van der Waals surface area (Å²) in [7, 11) is 2.99. The van der Waals surface area contributed by atoms with Crippen LogP contribution in [0.1, 0.15) is 26.7 Å². The minimum atomic E-state index is -0.237. The number of nitrogens with one attached hydrogen (secondary N) is 1. The first-order valence-corrected chi connectivity index (χ1v) is 6.34. The van der Waals surface area contributed by atoms with Gasteiger partial charge in [-0.1, -0.05) is 13.8 Å². The molecule has 7 heteroatoms. The fraction of sp³-hybridized carbons (Fsp3) is 0.727. The lowest BCUT2D eigenvalue weighted by Gasteiger charge is -2.30. The minimum absolute atomic E-state index is 0.208. The number of alkyl halides is 1. The van der Waals surface area contributed by atoms with Gasteiger partial charge in [0.1, 0.15) is 0 Å². The van der Waals surface area contributed by atoms with Gasteiger partial charge in [-0.25, -0.2) is 0 Å². The number of anilines is 1. The van der Waals surface area contributed by atoms with Crippen molar-refractivity contribution in [3.05, 3.63) is 0 Å². The molecule has 0 bridgehead atoms. The molecule has 0 aromatic carbocycles. The predicted molar refractivity (Wildman–Crippen MR) is 70.6 cm³/mol. The molecule has 1 aromatic heterocycles. The zero-order valence-corrected chi connectivity index (χ0v) is 11.9. The largest absolute Gasteiger partial charge is 0.467 e. The summed E-state index contributed by atoms with van der Waals surface area (Å²) in [4.78, 5) is 12.2. The number of methoxy groups -OCH3 is 2. The van der Waals surface area contributed by atoms with Gasteiger partial charge in [0.05, 0.1) is 19.8 Å². The molecule has 102 valence electrons. The monoisotopic (exact) mass is 274 g/mol. The second kappa shape index (κ2) is 6.58. The van der Waals surface area contributed by atoms with E-state index in [4.69, 9.17) is 21.1 Å². The molecule has 0 atom stereocenters. The highest BCUT2D eigenvalue weighted by molar-refractivity contribution is 6.18. The molecule has 18 heavy (non-hydrogen) atoms. The lowest BCUT2D eigenvalue weighted by Crippen LogP contribution is -2.39. The third kappa shape index (κ3) is 3.35. The Hall–Kier alpha value is -1.30. The van der Waals surface area contributed by atoms with E-state index in [1.54, 1.807) is 0 Å². The highest BCUT2D eigenvalue weighted by atomic mass is 35.5. The molecule has 0 unspecified atom stereocenters. The maximum Gasteiger partial charge on any atom is 0.324 e. The third-order valence-electron chi connectivity index (χ3n) is 2.95. The number of nitrogens with zero attached hydrogens (tertiary/aromatic N) is 3. The van der Waals surface area contributed by atoms with Crippen molar-refractivity contribution in [2.24, 2.45) is 0 Å².